The van der Waals surface area contributed by atoms with E-state index in [-0.39, 0.29) is 29.9 Å². The molecule has 1 fully saturated rings. The summed E-state index contributed by atoms with van der Waals surface area (Å²) >= 11 is 1.61. The van der Waals surface area contributed by atoms with Crippen molar-refractivity contribution in [2.45, 2.75) is 84.1 Å². The van der Waals surface area contributed by atoms with Gasteiger partial charge >= 0.3 is 0 Å². The van der Waals surface area contributed by atoms with E-state index in [0.29, 0.717) is 31.6 Å². The number of hydrogen-bond donors (Lipinski definition) is 1. The van der Waals surface area contributed by atoms with E-state index in [1.807, 2.05) is 13.0 Å². The predicted molar refractivity (Wildman–Crippen MR) is 134 cm³/mol. The molecule has 1 N–H and O–H groups in total. The standard InChI is InChI=1S/C27H36N2O3S/c1-4-18-11-13-24-25(15-18)33-26(28-24)17-20(16-22(31)6-3)27(32)29-23(14-12-21(30)5-2)19-9-7-8-10-19/h5,11,13,15,19-20,23H,2,4,6-10,12,14,16-17H2,1,3H3,(H,29,32)/t20-,23+/m0/s1. The van der Waals surface area contributed by atoms with Crippen molar-refractivity contribution in [1.29, 1.82) is 0 Å². The lowest BCUT2D eigenvalue weighted by Gasteiger charge is -2.27. The number of thiazole rings is 1. The molecular weight excluding hydrogens is 432 g/mol. The SMILES string of the molecule is C=CC(=O)CC[C@@H](NC(=O)[C@@H](CC(=O)CC)Cc1nc2ccc(CC)cc2s1)C1CCCC1. The van der Waals surface area contributed by atoms with E-state index < -0.39 is 5.92 Å². The number of ketones is 2. The third-order valence-corrected chi connectivity index (χ3v) is 7.83. The molecule has 0 aliphatic heterocycles. The number of benzene rings is 1. The highest BCUT2D eigenvalue weighted by Crippen LogP contribution is 2.31. The Morgan fingerprint density at radius 1 is 1.24 bits per heavy atom. The number of carbonyl (C=O) groups is 3. The van der Waals surface area contributed by atoms with E-state index in [1.54, 1.807) is 11.3 Å². The zero-order chi connectivity index (χ0) is 23.8. The number of aryl methyl sites for hydroxylation is 1. The van der Waals surface area contributed by atoms with Gasteiger partial charge in [0.25, 0.3) is 0 Å². The van der Waals surface area contributed by atoms with Crippen LogP contribution < -0.4 is 5.32 Å². The lowest BCUT2D eigenvalue weighted by molar-refractivity contribution is -0.130. The predicted octanol–water partition coefficient (Wildman–Crippen LogP) is 5.60. The molecule has 0 spiro atoms. The molecule has 0 unspecified atom stereocenters. The van der Waals surface area contributed by atoms with Crippen molar-refractivity contribution in [3.05, 3.63) is 41.4 Å². The molecule has 1 heterocycles. The quantitative estimate of drug-likeness (QED) is 0.388. The summed E-state index contributed by atoms with van der Waals surface area (Å²) in [5.41, 5.74) is 2.21. The Hall–Kier alpha value is -2.34. The molecule has 2 aromatic rings. The number of aromatic nitrogens is 1. The van der Waals surface area contributed by atoms with Gasteiger partial charge in [-0.2, -0.15) is 0 Å². The summed E-state index contributed by atoms with van der Waals surface area (Å²) in [7, 11) is 0. The summed E-state index contributed by atoms with van der Waals surface area (Å²) in [6, 6.07) is 6.25. The first-order chi connectivity index (χ1) is 15.9. The molecule has 2 atom stereocenters. The first-order valence-electron chi connectivity index (χ1n) is 12.3. The van der Waals surface area contributed by atoms with E-state index >= 15 is 0 Å². The number of fused-ring (bicyclic) bond motifs is 1. The lowest BCUT2D eigenvalue weighted by Crippen LogP contribution is -2.43. The third-order valence-electron chi connectivity index (χ3n) is 6.79. The Morgan fingerprint density at radius 2 is 2.00 bits per heavy atom. The first-order valence-corrected chi connectivity index (χ1v) is 13.1. The fraction of sp³-hybridized carbons (Fsp3) is 0.556. The van der Waals surface area contributed by atoms with Gasteiger partial charge in [-0.3, -0.25) is 14.4 Å². The van der Waals surface area contributed by atoms with Crippen molar-refractivity contribution in [3.8, 4) is 0 Å². The van der Waals surface area contributed by atoms with Gasteiger partial charge in [-0.15, -0.1) is 11.3 Å². The number of nitrogens with one attached hydrogen (secondary N) is 1. The largest absolute Gasteiger partial charge is 0.353 e. The van der Waals surface area contributed by atoms with Gasteiger partial charge in [0.1, 0.15) is 5.78 Å². The summed E-state index contributed by atoms with van der Waals surface area (Å²) in [5, 5.41) is 4.13. The molecule has 0 saturated heterocycles. The van der Waals surface area contributed by atoms with Crippen LogP contribution in [0.1, 0.15) is 75.8 Å². The molecular formula is C27H36N2O3S. The number of hydrogen-bond acceptors (Lipinski definition) is 5. The normalized spacial score (nSPS) is 15.9. The molecule has 1 saturated carbocycles. The van der Waals surface area contributed by atoms with E-state index in [4.69, 9.17) is 4.98 Å². The Bertz CT molecular complexity index is 990. The van der Waals surface area contributed by atoms with Crippen molar-refractivity contribution in [2.75, 3.05) is 0 Å². The number of nitrogens with zero attached hydrogens (tertiary/aromatic N) is 1. The monoisotopic (exact) mass is 468 g/mol. The maximum absolute atomic E-state index is 13.4. The fourth-order valence-electron chi connectivity index (χ4n) is 4.70. The molecule has 1 aliphatic rings. The van der Waals surface area contributed by atoms with Crippen LogP contribution in [0, 0.1) is 11.8 Å². The Balaban J connectivity index is 1.76. The molecule has 1 aromatic heterocycles. The molecule has 1 amide bonds. The molecule has 178 valence electrons. The number of amides is 1. The van der Waals surface area contributed by atoms with Gasteiger partial charge in [-0.25, -0.2) is 4.98 Å². The van der Waals surface area contributed by atoms with Gasteiger partial charge in [0.15, 0.2) is 5.78 Å². The number of Topliss-reactive ketones (excluding diaryl/α,β-unsaturated/α-hetero) is 1. The van der Waals surface area contributed by atoms with Crippen molar-refractivity contribution >= 4 is 39.0 Å². The van der Waals surface area contributed by atoms with Crippen molar-refractivity contribution in [3.63, 3.8) is 0 Å². The zero-order valence-corrected chi connectivity index (χ0v) is 20.7. The second-order valence-electron chi connectivity index (χ2n) is 9.13. The van der Waals surface area contributed by atoms with Crippen LogP contribution in [-0.2, 0) is 27.2 Å². The van der Waals surface area contributed by atoms with Crippen molar-refractivity contribution in [2.24, 2.45) is 11.8 Å². The molecule has 1 aliphatic carbocycles. The van der Waals surface area contributed by atoms with Crippen LogP contribution in [-0.4, -0.2) is 28.5 Å². The molecule has 0 radical (unpaired) electrons. The van der Waals surface area contributed by atoms with E-state index in [0.717, 1.165) is 47.3 Å². The summed E-state index contributed by atoms with van der Waals surface area (Å²) in [4.78, 5) is 42.3. The van der Waals surface area contributed by atoms with Gasteiger partial charge in [-0.05, 0) is 55.4 Å². The van der Waals surface area contributed by atoms with Gasteiger partial charge < -0.3 is 5.32 Å². The average molecular weight is 469 g/mol. The Kier molecular flexibility index (Phi) is 9.36. The second kappa shape index (κ2) is 12.2. The highest BCUT2D eigenvalue weighted by molar-refractivity contribution is 7.18. The van der Waals surface area contributed by atoms with Crippen LogP contribution in [0.5, 0.6) is 0 Å². The number of rotatable bonds is 13. The summed E-state index contributed by atoms with van der Waals surface area (Å²) in [6.07, 6.45) is 8.91. The minimum absolute atomic E-state index is 0.00545. The molecule has 1 aromatic carbocycles. The van der Waals surface area contributed by atoms with Crippen LogP contribution in [0.15, 0.2) is 30.9 Å². The molecule has 5 nitrogen and oxygen atoms in total. The van der Waals surface area contributed by atoms with Gasteiger partial charge in [0.05, 0.1) is 21.1 Å². The summed E-state index contributed by atoms with van der Waals surface area (Å²) in [6.45, 7) is 7.53. The van der Waals surface area contributed by atoms with Crippen LogP contribution >= 0.6 is 11.3 Å². The molecule has 0 bridgehead atoms. The van der Waals surface area contributed by atoms with Crippen LogP contribution in [0.4, 0.5) is 0 Å². The van der Waals surface area contributed by atoms with Crippen molar-refractivity contribution in [1.82, 2.24) is 10.3 Å². The van der Waals surface area contributed by atoms with Gasteiger partial charge in [-0.1, -0.05) is 39.3 Å². The van der Waals surface area contributed by atoms with Crippen LogP contribution in [0.25, 0.3) is 10.2 Å². The van der Waals surface area contributed by atoms with E-state index in [2.05, 4.69) is 31.0 Å². The number of carbonyl (C=O) groups excluding carboxylic acids is 3. The highest BCUT2D eigenvalue weighted by atomic mass is 32.1. The van der Waals surface area contributed by atoms with Crippen LogP contribution in [0.2, 0.25) is 0 Å². The van der Waals surface area contributed by atoms with Gasteiger partial charge in [0, 0.05) is 31.7 Å². The van der Waals surface area contributed by atoms with E-state index in [1.165, 1.54) is 11.6 Å². The fourth-order valence-corrected chi connectivity index (χ4v) is 5.81. The minimum atomic E-state index is -0.442. The summed E-state index contributed by atoms with van der Waals surface area (Å²) < 4.78 is 1.12. The number of allylic oxidation sites excluding steroid dienone is 1. The Morgan fingerprint density at radius 3 is 2.67 bits per heavy atom. The van der Waals surface area contributed by atoms with E-state index in [9.17, 15) is 14.4 Å². The molecule has 33 heavy (non-hydrogen) atoms. The Labute approximate surface area is 201 Å². The van der Waals surface area contributed by atoms with Crippen molar-refractivity contribution < 1.29 is 14.4 Å². The lowest BCUT2D eigenvalue weighted by atomic mass is 9.91. The van der Waals surface area contributed by atoms with Gasteiger partial charge in [0.2, 0.25) is 5.91 Å². The minimum Gasteiger partial charge on any atom is -0.353 e. The zero-order valence-electron chi connectivity index (χ0n) is 19.9. The summed E-state index contributed by atoms with van der Waals surface area (Å²) in [5.74, 6) is -0.0467. The maximum Gasteiger partial charge on any atom is 0.224 e. The smallest absolute Gasteiger partial charge is 0.224 e. The molecule has 3 rings (SSSR count). The van der Waals surface area contributed by atoms with Crippen LogP contribution in [0.3, 0.4) is 0 Å². The molecule has 6 heteroatoms. The maximum atomic E-state index is 13.4. The highest BCUT2D eigenvalue weighted by Gasteiger charge is 2.30. The average Bonchev–Trinajstić information content (AvgIpc) is 3.49. The topological polar surface area (TPSA) is 76.1 Å². The third kappa shape index (κ3) is 7.07. The second-order valence-corrected chi connectivity index (χ2v) is 10.2. The first kappa shape index (κ1) is 25.3.